The molecule has 1 aromatic heterocycles. The maximum Gasteiger partial charge on any atom is 0.355 e. The highest BCUT2D eigenvalue weighted by Gasteiger charge is 2.39. The lowest BCUT2D eigenvalue weighted by Crippen LogP contribution is -2.44. The average molecular weight is 393 g/mol. The second kappa shape index (κ2) is 8.26. The van der Waals surface area contributed by atoms with Crippen molar-refractivity contribution in [2.45, 2.75) is 55.6 Å². The van der Waals surface area contributed by atoms with Crippen LogP contribution in [0.1, 0.15) is 37.8 Å². The van der Waals surface area contributed by atoms with Gasteiger partial charge in [-0.1, -0.05) is 31.0 Å². The van der Waals surface area contributed by atoms with Crippen molar-refractivity contribution in [3.8, 4) is 0 Å². The minimum atomic E-state index is -0.680. The van der Waals surface area contributed by atoms with Crippen molar-refractivity contribution >= 4 is 29.4 Å². The van der Waals surface area contributed by atoms with Crippen LogP contribution in [0.2, 0.25) is 0 Å². The van der Waals surface area contributed by atoms with Crippen molar-refractivity contribution in [2.24, 2.45) is 0 Å². The molecule has 0 spiro atoms. The molecular weight excluding hydrogens is 370 g/mol. The number of carbonyl (C=O) groups is 2. The average Bonchev–Trinajstić information content (AvgIpc) is 2.66. The zero-order chi connectivity index (χ0) is 19.6. The maximum absolute atomic E-state index is 12.6. The van der Waals surface area contributed by atoms with Crippen LogP contribution in [0, 0.1) is 6.92 Å². The second-order valence-electron chi connectivity index (χ2n) is 6.60. The quantitative estimate of drug-likeness (QED) is 0.606. The van der Waals surface area contributed by atoms with E-state index in [-0.39, 0.29) is 17.3 Å². The van der Waals surface area contributed by atoms with Gasteiger partial charge in [-0.05, 0) is 19.8 Å². The molecule has 2 heterocycles. The van der Waals surface area contributed by atoms with Crippen LogP contribution in [0.25, 0.3) is 5.70 Å². The number of hydrogen-bond donors (Lipinski definition) is 1. The van der Waals surface area contributed by atoms with E-state index in [9.17, 15) is 14.4 Å². The van der Waals surface area contributed by atoms with Gasteiger partial charge in [0.1, 0.15) is 5.70 Å². The van der Waals surface area contributed by atoms with Gasteiger partial charge in [0.05, 0.1) is 25.2 Å². The second-order valence-corrected chi connectivity index (χ2v) is 7.67. The number of fused-ring (bicyclic) bond motifs is 1. The fraction of sp³-hybridized carbons (Fsp3) is 0.556. The Morgan fingerprint density at radius 2 is 1.85 bits per heavy atom. The molecule has 3 rings (SSSR count). The number of carbonyl (C=O) groups excluding carboxylic acids is 2. The lowest BCUT2D eigenvalue weighted by molar-refractivity contribution is -0.138. The molecular formula is C18H23N3O5S. The molecule has 0 aromatic carbocycles. The van der Waals surface area contributed by atoms with Gasteiger partial charge in [-0.25, -0.2) is 9.59 Å². The van der Waals surface area contributed by atoms with Crippen LogP contribution in [0.15, 0.2) is 21.6 Å². The van der Waals surface area contributed by atoms with Gasteiger partial charge in [0, 0.05) is 17.8 Å². The van der Waals surface area contributed by atoms with Gasteiger partial charge in [0.25, 0.3) is 5.56 Å². The molecule has 9 heteroatoms. The fourth-order valence-electron chi connectivity index (χ4n) is 3.54. The number of hydrogen-bond acceptors (Lipinski definition) is 8. The van der Waals surface area contributed by atoms with E-state index in [1.54, 1.807) is 6.92 Å². The van der Waals surface area contributed by atoms with Crippen LogP contribution in [0.3, 0.4) is 0 Å². The predicted molar refractivity (Wildman–Crippen MR) is 100 cm³/mol. The molecule has 1 aliphatic heterocycles. The summed E-state index contributed by atoms with van der Waals surface area (Å²) in [7, 11) is 2.53. The smallest absolute Gasteiger partial charge is 0.355 e. The summed E-state index contributed by atoms with van der Waals surface area (Å²) in [5.41, 5.74) is 0.321. The minimum Gasteiger partial charge on any atom is -0.466 e. The van der Waals surface area contributed by atoms with E-state index in [1.807, 2.05) is 0 Å². The minimum absolute atomic E-state index is 0.0383. The van der Waals surface area contributed by atoms with E-state index in [4.69, 9.17) is 9.47 Å². The van der Waals surface area contributed by atoms with Crippen molar-refractivity contribution < 1.29 is 19.1 Å². The number of aryl methyl sites for hydroxylation is 1. The number of nitrogens with one attached hydrogen (secondary N) is 1. The number of ether oxygens (including phenoxy) is 2. The Labute approximate surface area is 161 Å². The van der Waals surface area contributed by atoms with E-state index in [1.165, 1.54) is 43.0 Å². The largest absolute Gasteiger partial charge is 0.466 e. The first-order chi connectivity index (χ1) is 13.0. The predicted octanol–water partition coefficient (Wildman–Crippen LogP) is 1.46. The zero-order valence-electron chi connectivity index (χ0n) is 15.6. The molecule has 2 aliphatic rings. The normalized spacial score (nSPS) is 20.2. The Morgan fingerprint density at radius 1 is 1.19 bits per heavy atom. The first-order valence-electron chi connectivity index (χ1n) is 8.90. The molecule has 8 nitrogen and oxygen atoms in total. The molecule has 1 aliphatic carbocycles. The standard InChI is InChI=1S/C18H23N3O5S/c1-10-9-12(22)20-18-21(10)14(17(24)26-3)13(16(23)25-2)15(27-18)19-11-7-5-4-6-8-11/h9,11,15,19H,4-8H2,1-3H3. The molecule has 1 aromatic rings. The molecule has 146 valence electrons. The Kier molecular flexibility index (Phi) is 6.01. The third-order valence-electron chi connectivity index (χ3n) is 4.82. The highest BCUT2D eigenvalue weighted by atomic mass is 32.2. The zero-order valence-corrected chi connectivity index (χ0v) is 16.4. The van der Waals surface area contributed by atoms with Gasteiger partial charge < -0.3 is 9.47 Å². The topological polar surface area (TPSA) is 99.5 Å². The number of rotatable bonds is 4. The summed E-state index contributed by atoms with van der Waals surface area (Å²) in [6, 6.07) is 1.54. The van der Waals surface area contributed by atoms with Crippen LogP contribution in [0.5, 0.6) is 0 Å². The monoisotopic (exact) mass is 393 g/mol. The third-order valence-corrected chi connectivity index (χ3v) is 5.91. The summed E-state index contributed by atoms with van der Waals surface area (Å²) < 4.78 is 11.4. The Morgan fingerprint density at radius 3 is 2.48 bits per heavy atom. The lowest BCUT2D eigenvalue weighted by atomic mass is 9.95. The molecule has 1 N–H and O–H groups in total. The number of nitrogens with zero attached hydrogens (tertiary/aromatic N) is 2. The molecule has 1 fully saturated rings. The first kappa shape index (κ1) is 19.6. The van der Waals surface area contributed by atoms with Gasteiger partial charge in [0.15, 0.2) is 5.16 Å². The number of thioether (sulfide) groups is 1. The summed E-state index contributed by atoms with van der Waals surface area (Å²) in [4.78, 5) is 41.1. The Hall–Kier alpha value is -2.13. The number of esters is 2. The van der Waals surface area contributed by atoms with Crippen molar-refractivity contribution in [1.29, 1.82) is 0 Å². The van der Waals surface area contributed by atoms with Crippen molar-refractivity contribution in [3.63, 3.8) is 0 Å². The summed E-state index contributed by atoms with van der Waals surface area (Å²) in [5.74, 6) is -1.29. The molecule has 1 saturated carbocycles. The molecule has 0 amide bonds. The van der Waals surface area contributed by atoms with Crippen molar-refractivity contribution in [3.05, 3.63) is 27.7 Å². The van der Waals surface area contributed by atoms with Gasteiger partial charge in [-0.15, -0.1) is 0 Å². The van der Waals surface area contributed by atoms with E-state index in [0.29, 0.717) is 10.9 Å². The summed E-state index contributed by atoms with van der Waals surface area (Å²) >= 11 is 1.24. The summed E-state index contributed by atoms with van der Waals surface area (Å²) in [5, 5.41) is 3.25. The van der Waals surface area contributed by atoms with E-state index in [0.717, 1.165) is 25.7 Å². The van der Waals surface area contributed by atoms with E-state index < -0.39 is 22.9 Å². The Balaban J connectivity index is 2.15. The SMILES string of the molecule is COC(=O)C1=C(C(=O)OC)n2c(C)cc(=O)nc2SC1NC1CCCCC1. The maximum atomic E-state index is 12.6. The van der Waals surface area contributed by atoms with Gasteiger partial charge in [0.2, 0.25) is 0 Å². The molecule has 0 bridgehead atoms. The highest BCUT2D eigenvalue weighted by Crippen LogP contribution is 2.37. The molecule has 1 unspecified atom stereocenters. The molecule has 1 atom stereocenters. The third kappa shape index (κ3) is 3.93. The van der Waals surface area contributed by atoms with Crippen LogP contribution in [0.4, 0.5) is 0 Å². The summed E-state index contributed by atoms with van der Waals surface area (Å²) in [6.07, 6.45) is 5.41. The van der Waals surface area contributed by atoms with Crippen LogP contribution in [-0.2, 0) is 19.1 Å². The van der Waals surface area contributed by atoms with Gasteiger partial charge in [-0.2, -0.15) is 4.98 Å². The Bertz CT molecular complexity index is 842. The highest BCUT2D eigenvalue weighted by molar-refractivity contribution is 8.00. The molecule has 0 saturated heterocycles. The summed E-state index contributed by atoms with van der Waals surface area (Å²) in [6.45, 7) is 1.68. The number of methoxy groups -OCH3 is 2. The van der Waals surface area contributed by atoms with E-state index in [2.05, 4.69) is 10.3 Å². The van der Waals surface area contributed by atoms with Crippen LogP contribution in [-0.4, -0.2) is 47.1 Å². The van der Waals surface area contributed by atoms with Crippen LogP contribution < -0.4 is 10.9 Å². The molecule has 27 heavy (non-hydrogen) atoms. The van der Waals surface area contributed by atoms with Crippen molar-refractivity contribution in [2.75, 3.05) is 14.2 Å². The number of aromatic nitrogens is 2. The van der Waals surface area contributed by atoms with Crippen molar-refractivity contribution in [1.82, 2.24) is 14.9 Å². The van der Waals surface area contributed by atoms with Crippen LogP contribution >= 0.6 is 11.8 Å². The fourth-order valence-corrected chi connectivity index (χ4v) is 4.82. The van der Waals surface area contributed by atoms with E-state index >= 15 is 0 Å². The lowest BCUT2D eigenvalue weighted by Gasteiger charge is -2.33. The molecule has 0 radical (unpaired) electrons. The first-order valence-corrected chi connectivity index (χ1v) is 9.78. The van der Waals surface area contributed by atoms with Gasteiger partial charge >= 0.3 is 11.9 Å². The van der Waals surface area contributed by atoms with Gasteiger partial charge in [-0.3, -0.25) is 14.7 Å².